The van der Waals surface area contributed by atoms with Crippen molar-refractivity contribution in [2.75, 3.05) is 6.54 Å². The van der Waals surface area contributed by atoms with Gasteiger partial charge in [-0.15, -0.1) is 0 Å². The van der Waals surface area contributed by atoms with Crippen molar-refractivity contribution in [3.8, 4) is 0 Å². The molecule has 19 heavy (non-hydrogen) atoms. The van der Waals surface area contributed by atoms with Gasteiger partial charge in [0, 0.05) is 18.9 Å². The topological polar surface area (TPSA) is 98.0 Å². The second-order valence-electron chi connectivity index (χ2n) is 4.41. The van der Waals surface area contributed by atoms with Crippen LogP contribution in [0.2, 0.25) is 5.02 Å². The van der Waals surface area contributed by atoms with E-state index in [-0.39, 0.29) is 29.0 Å². The number of nitrogens with two attached hydrogens (primary N) is 1. The van der Waals surface area contributed by atoms with Gasteiger partial charge in [-0.1, -0.05) is 25.4 Å². The number of carbonyl (C=O) groups excluding carboxylic acids is 2. The second-order valence-corrected chi connectivity index (χ2v) is 4.81. The van der Waals surface area contributed by atoms with Crippen LogP contribution in [-0.4, -0.2) is 28.3 Å². The average Bonchev–Trinajstić information content (AvgIpc) is 2.34. The van der Waals surface area contributed by atoms with Crippen LogP contribution in [0, 0.1) is 0 Å². The second kappa shape index (κ2) is 7.04. The molecule has 0 fully saturated rings. The highest BCUT2D eigenvalue weighted by Gasteiger charge is 2.15. The highest BCUT2D eigenvalue weighted by molar-refractivity contribution is 6.33. The van der Waals surface area contributed by atoms with Gasteiger partial charge in [0.2, 0.25) is 5.91 Å². The molecule has 7 heteroatoms. The maximum absolute atomic E-state index is 11.9. The van der Waals surface area contributed by atoms with Gasteiger partial charge >= 0.3 is 0 Å². The molecule has 1 rings (SSSR count). The Hall–Kier alpha value is -1.69. The third kappa shape index (κ3) is 4.82. The SMILES string of the molecule is CC(C)c1ncc(Cl)c(C(=O)NCCCC(N)=O)n1. The molecule has 0 aliphatic carbocycles. The molecular weight excluding hydrogens is 268 g/mol. The first kappa shape index (κ1) is 15.4. The number of hydrogen-bond acceptors (Lipinski definition) is 4. The zero-order valence-electron chi connectivity index (χ0n) is 10.9. The molecule has 0 aromatic carbocycles. The fraction of sp³-hybridized carbons (Fsp3) is 0.500. The summed E-state index contributed by atoms with van der Waals surface area (Å²) in [7, 11) is 0. The van der Waals surface area contributed by atoms with Crippen LogP contribution in [0.4, 0.5) is 0 Å². The number of amides is 2. The summed E-state index contributed by atoms with van der Waals surface area (Å²) in [6, 6.07) is 0. The minimum Gasteiger partial charge on any atom is -0.370 e. The number of primary amides is 1. The highest BCUT2D eigenvalue weighted by Crippen LogP contribution is 2.16. The van der Waals surface area contributed by atoms with Gasteiger partial charge in [-0.25, -0.2) is 9.97 Å². The van der Waals surface area contributed by atoms with Crippen molar-refractivity contribution in [3.05, 3.63) is 22.7 Å². The van der Waals surface area contributed by atoms with E-state index in [2.05, 4.69) is 15.3 Å². The average molecular weight is 285 g/mol. The maximum atomic E-state index is 11.9. The van der Waals surface area contributed by atoms with E-state index in [4.69, 9.17) is 17.3 Å². The van der Waals surface area contributed by atoms with Gasteiger partial charge in [-0.2, -0.15) is 0 Å². The number of nitrogens with zero attached hydrogens (tertiary/aromatic N) is 2. The molecule has 0 spiro atoms. The summed E-state index contributed by atoms with van der Waals surface area (Å²) in [4.78, 5) is 30.6. The normalized spacial score (nSPS) is 10.5. The third-order valence-corrected chi connectivity index (χ3v) is 2.66. The standard InChI is InChI=1S/C12H17ClN4O2/c1-7(2)11-16-6-8(13)10(17-11)12(19)15-5-3-4-9(14)18/h6-7H,3-5H2,1-2H3,(H2,14,18)(H,15,19). The summed E-state index contributed by atoms with van der Waals surface area (Å²) in [5, 5.41) is 2.85. The molecule has 0 atom stereocenters. The first-order chi connectivity index (χ1) is 8.91. The van der Waals surface area contributed by atoms with E-state index in [1.54, 1.807) is 0 Å². The molecular formula is C12H17ClN4O2. The van der Waals surface area contributed by atoms with E-state index in [0.29, 0.717) is 18.8 Å². The molecule has 1 aromatic rings. The number of hydrogen-bond donors (Lipinski definition) is 2. The Kier molecular flexibility index (Phi) is 5.69. The van der Waals surface area contributed by atoms with Crippen LogP contribution in [0.25, 0.3) is 0 Å². The minimum atomic E-state index is -0.392. The van der Waals surface area contributed by atoms with Gasteiger partial charge in [-0.3, -0.25) is 9.59 Å². The lowest BCUT2D eigenvalue weighted by molar-refractivity contribution is -0.118. The van der Waals surface area contributed by atoms with E-state index in [9.17, 15) is 9.59 Å². The molecule has 0 saturated carbocycles. The molecule has 1 heterocycles. The maximum Gasteiger partial charge on any atom is 0.271 e. The minimum absolute atomic E-state index is 0.110. The summed E-state index contributed by atoms with van der Waals surface area (Å²) < 4.78 is 0. The summed E-state index contributed by atoms with van der Waals surface area (Å²) in [5.41, 5.74) is 5.16. The molecule has 0 bridgehead atoms. The first-order valence-electron chi connectivity index (χ1n) is 6.00. The molecule has 2 amide bonds. The van der Waals surface area contributed by atoms with Crippen molar-refractivity contribution >= 4 is 23.4 Å². The van der Waals surface area contributed by atoms with Crippen molar-refractivity contribution in [3.63, 3.8) is 0 Å². The number of aromatic nitrogens is 2. The Morgan fingerprint density at radius 2 is 2.16 bits per heavy atom. The third-order valence-electron chi connectivity index (χ3n) is 2.38. The van der Waals surface area contributed by atoms with Crippen molar-refractivity contribution < 1.29 is 9.59 Å². The summed E-state index contributed by atoms with van der Waals surface area (Å²) in [6.45, 7) is 4.20. The van der Waals surface area contributed by atoms with Crippen molar-refractivity contribution in [1.82, 2.24) is 15.3 Å². The summed E-state index contributed by atoms with van der Waals surface area (Å²) in [6.07, 6.45) is 2.14. The first-order valence-corrected chi connectivity index (χ1v) is 6.38. The van der Waals surface area contributed by atoms with Gasteiger partial charge in [-0.05, 0) is 6.42 Å². The molecule has 3 N–H and O–H groups in total. The zero-order chi connectivity index (χ0) is 14.4. The lowest BCUT2D eigenvalue weighted by Gasteiger charge is -2.08. The molecule has 0 saturated heterocycles. The lowest BCUT2D eigenvalue weighted by atomic mass is 10.2. The molecule has 104 valence electrons. The molecule has 0 aliphatic heterocycles. The van der Waals surface area contributed by atoms with Crippen LogP contribution < -0.4 is 11.1 Å². The van der Waals surface area contributed by atoms with Gasteiger partial charge in [0.15, 0.2) is 0 Å². The van der Waals surface area contributed by atoms with Crippen molar-refractivity contribution in [2.24, 2.45) is 5.73 Å². The molecule has 0 radical (unpaired) electrons. The van der Waals surface area contributed by atoms with Crippen molar-refractivity contribution in [1.29, 1.82) is 0 Å². The van der Waals surface area contributed by atoms with E-state index in [1.807, 2.05) is 13.8 Å². The Labute approximate surface area is 116 Å². The number of carbonyl (C=O) groups is 2. The van der Waals surface area contributed by atoms with Crippen LogP contribution in [0.15, 0.2) is 6.20 Å². The van der Waals surface area contributed by atoms with Gasteiger partial charge in [0.05, 0.1) is 11.2 Å². The van der Waals surface area contributed by atoms with E-state index in [1.165, 1.54) is 6.20 Å². The Balaban J connectivity index is 2.65. The van der Waals surface area contributed by atoms with E-state index in [0.717, 1.165) is 0 Å². The Morgan fingerprint density at radius 3 is 2.74 bits per heavy atom. The number of halogens is 1. The van der Waals surface area contributed by atoms with E-state index >= 15 is 0 Å². The van der Waals surface area contributed by atoms with Crippen molar-refractivity contribution in [2.45, 2.75) is 32.6 Å². The molecule has 6 nitrogen and oxygen atoms in total. The molecule has 0 unspecified atom stereocenters. The smallest absolute Gasteiger partial charge is 0.271 e. The fourth-order valence-corrected chi connectivity index (χ4v) is 1.54. The molecule has 1 aromatic heterocycles. The number of nitrogens with one attached hydrogen (secondary N) is 1. The van der Waals surface area contributed by atoms with Crippen LogP contribution in [0.5, 0.6) is 0 Å². The summed E-state index contributed by atoms with van der Waals surface area (Å²) >= 11 is 5.90. The van der Waals surface area contributed by atoms with E-state index < -0.39 is 5.91 Å². The van der Waals surface area contributed by atoms with Gasteiger partial charge in [0.25, 0.3) is 5.91 Å². The lowest BCUT2D eigenvalue weighted by Crippen LogP contribution is -2.27. The van der Waals surface area contributed by atoms with Gasteiger partial charge < -0.3 is 11.1 Å². The predicted octanol–water partition coefficient (Wildman–Crippen LogP) is 1.25. The fourth-order valence-electron chi connectivity index (χ4n) is 1.37. The van der Waals surface area contributed by atoms with Crippen LogP contribution in [0.3, 0.4) is 0 Å². The highest BCUT2D eigenvalue weighted by atomic mass is 35.5. The Bertz CT molecular complexity index is 477. The molecule has 0 aliphatic rings. The number of rotatable bonds is 6. The largest absolute Gasteiger partial charge is 0.370 e. The van der Waals surface area contributed by atoms with Crippen LogP contribution >= 0.6 is 11.6 Å². The quantitative estimate of drug-likeness (QED) is 0.768. The zero-order valence-corrected chi connectivity index (χ0v) is 11.7. The predicted molar refractivity (Wildman–Crippen MR) is 71.9 cm³/mol. The van der Waals surface area contributed by atoms with Gasteiger partial charge in [0.1, 0.15) is 11.5 Å². The monoisotopic (exact) mass is 284 g/mol. The summed E-state index contributed by atoms with van der Waals surface area (Å²) in [5.74, 6) is -0.0967. The van der Waals surface area contributed by atoms with Crippen LogP contribution in [-0.2, 0) is 4.79 Å². The Morgan fingerprint density at radius 1 is 1.47 bits per heavy atom. The van der Waals surface area contributed by atoms with Crippen LogP contribution in [0.1, 0.15) is 48.9 Å².